The number of anilines is 1. The molecule has 8 nitrogen and oxygen atoms in total. The summed E-state index contributed by atoms with van der Waals surface area (Å²) in [7, 11) is 1.73. The molecule has 0 bridgehead atoms. The Hall–Kier alpha value is -2.00. The van der Waals surface area contributed by atoms with Gasteiger partial charge in [0.2, 0.25) is 4.77 Å². The minimum Gasteiger partial charge on any atom is -0.463 e. The van der Waals surface area contributed by atoms with Crippen LogP contribution in [0.15, 0.2) is 6.33 Å². The lowest BCUT2D eigenvalue weighted by atomic mass is 10.5. The van der Waals surface area contributed by atoms with Crippen molar-refractivity contribution in [3.8, 4) is 0 Å². The third kappa shape index (κ3) is 2.94. The van der Waals surface area contributed by atoms with Crippen LogP contribution in [0, 0.1) is 4.77 Å². The molecule has 0 saturated carbocycles. The van der Waals surface area contributed by atoms with E-state index in [9.17, 15) is 4.79 Å². The van der Waals surface area contributed by atoms with E-state index in [1.807, 2.05) is 0 Å². The number of ether oxygens (including phenoxy) is 2. The highest BCUT2D eigenvalue weighted by Gasteiger charge is 2.10. The Balaban J connectivity index is 2.08. The van der Waals surface area contributed by atoms with Gasteiger partial charge in [-0.25, -0.2) is 4.98 Å². The summed E-state index contributed by atoms with van der Waals surface area (Å²) in [6.45, 7) is 2.07. The zero-order valence-corrected chi connectivity index (χ0v) is 12.0. The van der Waals surface area contributed by atoms with Crippen LogP contribution in [0.3, 0.4) is 0 Å². The first-order valence-corrected chi connectivity index (χ1v) is 6.30. The molecule has 0 radical (unpaired) electrons. The molecular weight excluding hydrogens is 282 g/mol. The van der Waals surface area contributed by atoms with Crippen LogP contribution in [0.25, 0.3) is 11.2 Å². The molecule has 2 heterocycles. The number of nitrogen functional groups attached to an aromatic ring is 1. The smallest absolute Gasteiger partial charge is 0.302 e. The summed E-state index contributed by atoms with van der Waals surface area (Å²) in [4.78, 5) is 19.0. The molecule has 0 saturated heterocycles. The number of carbonyl (C=O) groups excluding carboxylic acids is 1. The number of esters is 1. The van der Waals surface area contributed by atoms with Crippen LogP contribution in [0.4, 0.5) is 5.82 Å². The van der Waals surface area contributed by atoms with Gasteiger partial charge in [0.1, 0.15) is 24.7 Å². The van der Waals surface area contributed by atoms with E-state index in [2.05, 4.69) is 9.97 Å². The average Bonchev–Trinajstić information content (AvgIpc) is 2.78. The minimum absolute atomic E-state index is 0.207. The summed E-state index contributed by atoms with van der Waals surface area (Å²) in [5.41, 5.74) is 7.07. The van der Waals surface area contributed by atoms with Crippen molar-refractivity contribution in [2.45, 2.75) is 13.7 Å². The Morgan fingerprint density at radius 1 is 1.50 bits per heavy atom. The largest absolute Gasteiger partial charge is 0.463 e. The van der Waals surface area contributed by atoms with Crippen molar-refractivity contribution in [2.75, 3.05) is 18.9 Å². The van der Waals surface area contributed by atoms with Gasteiger partial charge in [0.25, 0.3) is 0 Å². The molecule has 0 unspecified atom stereocenters. The number of imidazole rings is 1. The van der Waals surface area contributed by atoms with Gasteiger partial charge >= 0.3 is 5.97 Å². The van der Waals surface area contributed by atoms with Crippen LogP contribution in [-0.4, -0.2) is 38.3 Å². The van der Waals surface area contributed by atoms with Crippen LogP contribution in [0.5, 0.6) is 0 Å². The van der Waals surface area contributed by atoms with Crippen molar-refractivity contribution in [1.29, 1.82) is 0 Å². The predicted octanol–water partition coefficient (Wildman–Crippen LogP) is 0.619. The lowest BCUT2D eigenvalue weighted by Crippen LogP contribution is -2.11. The Kier molecular flexibility index (Phi) is 4.30. The minimum atomic E-state index is -0.334. The lowest BCUT2D eigenvalue weighted by Gasteiger charge is -2.07. The van der Waals surface area contributed by atoms with E-state index in [4.69, 9.17) is 27.4 Å². The van der Waals surface area contributed by atoms with E-state index in [1.165, 1.54) is 6.92 Å². The number of nitrogens with zero attached hydrogens (tertiary/aromatic N) is 4. The highest BCUT2D eigenvalue weighted by atomic mass is 32.1. The Labute approximate surface area is 120 Å². The van der Waals surface area contributed by atoms with Gasteiger partial charge in [0.05, 0.1) is 12.9 Å². The molecule has 0 aliphatic heterocycles. The maximum absolute atomic E-state index is 10.6. The highest BCUT2D eigenvalue weighted by Crippen LogP contribution is 2.17. The molecule has 2 N–H and O–H groups in total. The van der Waals surface area contributed by atoms with E-state index in [1.54, 1.807) is 22.5 Å². The predicted molar refractivity (Wildman–Crippen MR) is 74.3 cm³/mol. The fourth-order valence-electron chi connectivity index (χ4n) is 1.60. The number of carbonyl (C=O) groups is 1. The molecule has 0 aromatic carbocycles. The number of hydrogen-bond acceptors (Lipinski definition) is 7. The van der Waals surface area contributed by atoms with E-state index in [0.29, 0.717) is 21.8 Å². The third-order valence-corrected chi connectivity index (χ3v) is 3.03. The number of nitrogens with two attached hydrogens (primary N) is 1. The number of aromatic nitrogens is 4. The molecule has 0 aliphatic carbocycles. The van der Waals surface area contributed by atoms with Crippen molar-refractivity contribution in [2.24, 2.45) is 7.05 Å². The van der Waals surface area contributed by atoms with Gasteiger partial charge in [-0.3, -0.25) is 9.36 Å². The van der Waals surface area contributed by atoms with E-state index in [-0.39, 0.29) is 25.9 Å². The first kappa shape index (κ1) is 14.4. The van der Waals surface area contributed by atoms with Crippen LogP contribution in [0.2, 0.25) is 0 Å². The monoisotopic (exact) mass is 297 g/mol. The van der Waals surface area contributed by atoms with E-state index >= 15 is 0 Å². The van der Waals surface area contributed by atoms with Crippen molar-refractivity contribution in [1.82, 2.24) is 19.1 Å². The molecule has 0 amide bonds. The topological polar surface area (TPSA) is 97.2 Å². The van der Waals surface area contributed by atoms with Crippen molar-refractivity contribution in [3.05, 3.63) is 11.1 Å². The first-order chi connectivity index (χ1) is 9.50. The normalized spacial score (nSPS) is 10.9. The number of fused-ring (bicyclic) bond motifs is 1. The first-order valence-electron chi connectivity index (χ1n) is 5.89. The fraction of sp³-hybridized carbons (Fsp3) is 0.455. The molecule has 2 rings (SSSR count). The van der Waals surface area contributed by atoms with Gasteiger partial charge < -0.3 is 19.8 Å². The second-order valence-corrected chi connectivity index (χ2v) is 4.47. The quantitative estimate of drug-likeness (QED) is 0.491. The second-order valence-electron chi connectivity index (χ2n) is 4.10. The summed E-state index contributed by atoms with van der Waals surface area (Å²) in [5, 5.41) is 0. The maximum Gasteiger partial charge on any atom is 0.302 e. The van der Waals surface area contributed by atoms with Crippen LogP contribution in [0.1, 0.15) is 6.92 Å². The van der Waals surface area contributed by atoms with Crippen molar-refractivity contribution >= 4 is 35.2 Å². The summed E-state index contributed by atoms with van der Waals surface area (Å²) in [6, 6.07) is 0. The summed E-state index contributed by atoms with van der Waals surface area (Å²) >= 11 is 5.11. The van der Waals surface area contributed by atoms with E-state index in [0.717, 1.165) is 0 Å². The molecule has 9 heteroatoms. The summed E-state index contributed by atoms with van der Waals surface area (Å²) in [5.74, 6) is 0.123. The fourth-order valence-corrected chi connectivity index (χ4v) is 1.79. The summed E-state index contributed by atoms with van der Waals surface area (Å²) in [6.07, 6.45) is 1.58. The third-order valence-electron chi connectivity index (χ3n) is 2.67. The second kappa shape index (κ2) is 5.97. The van der Waals surface area contributed by atoms with Crippen molar-refractivity contribution < 1.29 is 14.3 Å². The van der Waals surface area contributed by atoms with Crippen LogP contribution in [-0.2, 0) is 28.0 Å². The summed E-state index contributed by atoms with van der Waals surface area (Å²) < 4.78 is 13.8. The molecule has 0 spiro atoms. The molecule has 20 heavy (non-hydrogen) atoms. The van der Waals surface area contributed by atoms with Gasteiger partial charge in [-0.1, -0.05) is 0 Å². The number of hydrogen-bond donors (Lipinski definition) is 1. The molecule has 0 fully saturated rings. The standard InChI is InChI=1S/C11H15N5O3S/c1-7(17)19-4-3-18-6-16-5-13-8-9(12)15(2)11(20)14-10(8)16/h5H,3-4,6,12H2,1-2H3. The molecular formula is C11H15N5O3S. The molecule has 108 valence electrons. The SMILES string of the molecule is CC(=O)OCCOCn1cnc2c(N)n(C)c(=S)nc21. The lowest BCUT2D eigenvalue weighted by molar-refractivity contribution is -0.142. The Morgan fingerprint density at radius 3 is 2.95 bits per heavy atom. The molecule has 0 aliphatic rings. The Morgan fingerprint density at radius 2 is 2.25 bits per heavy atom. The van der Waals surface area contributed by atoms with Gasteiger partial charge in [-0.15, -0.1) is 0 Å². The average molecular weight is 297 g/mol. The zero-order valence-electron chi connectivity index (χ0n) is 11.2. The van der Waals surface area contributed by atoms with Gasteiger partial charge in [0, 0.05) is 14.0 Å². The van der Waals surface area contributed by atoms with Crippen molar-refractivity contribution in [3.63, 3.8) is 0 Å². The number of rotatable bonds is 5. The zero-order chi connectivity index (χ0) is 14.7. The highest BCUT2D eigenvalue weighted by molar-refractivity contribution is 7.71. The molecule has 0 atom stereocenters. The van der Waals surface area contributed by atoms with Gasteiger partial charge in [-0.05, 0) is 12.2 Å². The molecule has 2 aromatic rings. The Bertz CT molecular complexity index is 693. The van der Waals surface area contributed by atoms with Crippen LogP contribution < -0.4 is 5.73 Å². The maximum atomic E-state index is 10.6. The molecule has 2 aromatic heterocycles. The van der Waals surface area contributed by atoms with Gasteiger partial charge in [0.15, 0.2) is 5.65 Å². The van der Waals surface area contributed by atoms with Gasteiger partial charge in [-0.2, -0.15) is 4.98 Å². The van der Waals surface area contributed by atoms with Crippen LogP contribution >= 0.6 is 12.2 Å². The van der Waals surface area contributed by atoms with E-state index < -0.39 is 0 Å².